The number of hydrogen-bond donors (Lipinski definition) is 1. The molecule has 0 aliphatic carbocycles. The quantitative estimate of drug-likeness (QED) is 0.677. The molecule has 0 radical (unpaired) electrons. The fourth-order valence-electron chi connectivity index (χ4n) is 2.07. The van der Waals surface area contributed by atoms with Gasteiger partial charge in [0.15, 0.2) is 17.3 Å². The van der Waals surface area contributed by atoms with E-state index in [9.17, 15) is 4.79 Å². The molecule has 0 aromatic heterocycles. The normalized spacial score (nSPS) is 13.1. The average Bonchev–Trinajstić information content (AvgIpc) is 2.48. The summed E-state index contributed by atoms with van der Waals surface area (Å²) in [6.45, 7) is 1.02. The number of ether oxygens (including phenoxy) is 2. The third-order valence-corrected chi connectivity index (χ3v) is 3.56. The van der Waals surface area contributed by atoms with Crippen LogP contribution in [0.4, 0.5) is 5.69 Å². The predicted octanol–water partition coefficient (Wildman–Crippen LogP) is 3.03. The lowest BCUT2D eigenvalue weighted by Gasteiger charge is -2.18. The number of ketones is 1. The number of nitrogen functional groups attached to an aromatic ring is 1. The van der Waals surface area contributed by atoms with E-state index in [0.29, 0.717) is 41.5 Å². The second kappa shape index (κ2) is 5.17. The van der Waals surface area contributed by atoms with Gasteiger partial charge in [-0.15, -0.1) is 0 Å². The highest BCUT2D eigenvalue weighted by atomic mass is 79.9. The first-order chi connectivity index (χ1) is 9.65. The lowest BCUT2D eigenvalue weighted by atomic mass is 10.0. The van der Waals surface area contributed by atoms with Crippen molar-refractivity contribution in [3.05, 3.63) is 52.0 Å². The van der Waals surface area contributed by atoms with Gasteiger partial charge in [0.25, 0.3) is 0 Å². The van der Waals surface area contributed by atoms with Gasteiger partial charge in [0.05, 0.1) is 0 Å². The fraction of sp³-hybridized carbons (Fsp3) is 0.133. The highest BCUT2D eigenvalue weighted by molar-refractivity contribution is 9.10. The van der Waals surface area contributed by atoms with E-state index >= 15 is 0 Å². The van der Waals surface area contributed by atoms with Crippen LogP contribution in [0.25, 0.3) is 0 Å². The second-order valence-electron chi connectivity index (χ2n) is 4.42. The Morgan fingerprint density at radius 3 is 2.60 bits per heavy atom. The first kappa shape index (κ1) is 13.0. The summed E-state index contributed by atoms with van der Waals surface area (Å²) in [5.74, 6) is 1.12. The van der Waals surface area contributed by atoms with Gasteiger partial charge in [-0.3, -0.25) is 4.79 Å². The number of rotatable bonds is 2. The molecule has 0 amide bonds. The van der Waals surface area contributed by atoms with Crippen LogP contribution < -0.4 is 15.2 Å². The Bertz CT molecular complexity index is 685. The summed E-state index contributed by atoms with van der Waals surface area (Å²) in [6.07, 6.45) is 0. The Kier molecular flexibility index (Phi) is 3.36. The van der Waals surface area contributed by atoms with Crippen LogP contribution in [0, 0.1) is 0 Å². The van der Waals surface area contributed by atoms with Gasteiger partial charge in [-0.05, 0) is 36.4 Å². The molecule has 1 aliphatic rings. The maximum Gasteiger partial charge on any atom is 0.195 e. The molecule has 0 saturated heterocycles. The third-order valence-electron chi connectivity index (χ3n) is 3.06. The van der Waals surface area contributed by atoms with Crippen molar-refractivity contribution in [2.45, 2.75) is 0 Å². The lowest BCUT2D eigenvalue weighted by Crippen LogP contribution is -2.16. The van der Waals surface area contributed by atoms with Gasteiger partial charge in [-0.1, -0.05) is 15.9 Å². The largest absolute Gasteiger partial charge is 0.486 e. The molecular weight excluding hydrogens is 322 g/mol. The number of nitrogens with two attached hydrogens (primary N) is 1. The SMILES string of the molecule is Nc1ccc(Br)cc1C(=O)c1ccc2c(c1)OCCO2. The topological polar surface area (TPSA) is 61.6 Å². The maximum atomic E-state index is 12.5. The molecule has 0 spiro atoms. The minimum absolute atomic E-state index is 0.138. The fourth-order valence-corrected chi connectivity index (χ4v) is 2.43. The molecule has 20 heavy (non-hydrogen) atoms. The Morgan fingerprint density at radius 1 is 1.05 bits per heavy atom. The molecule has 0 fully saturated rings. The Hall–Kier alpha value is -2.01. The summed E-state index contributed by atoms with van der Waals surface area (Å²) < 4.78 is 11.7. The van der Waals surface area contributed by atoms with Crippen LogP contribution >= 0.6 is 15.9 Å². The molecule has 3 rings (SSSR count). The molecule has 4 nitrogen and oxygen atoms in total. The van der Waals surface area contributed by atoms with Gasteiger partial charge >= 0.3 is 0 Å². The van der Waals surface area contributed by atoms with Crippen molar-refractivity contribution in [1.29, 1.82) is 0 Å². The van der Waals surface area contributed by atoms with Gasteiger partial charge in [-0.2, -0.15) is 0 Å². The summed E-state index contributed by atoms with van der Waals surface area (Å²) in [5.41, 5.74) is 7.32. The number of anilines is 1. The first-order valence-corrected chi connectivity index (χ1v) is 6.94. The summed E-state index contributed by atoms with van der Waals surface area (Å²) in [4.78, 5) is 12.5. The average molecular weight is 334 g/mol. The molecule has 1 heterocycles. The molecule has 1 aliphatic heterocycles. The van der Waals surface area contributed by atoms with E-state index in [1.165, 1.54) is 0 Å². The summed E-state index contributed by atoms with van der Waals surface area (Å²) >= 11 is 3.34. The van der Waals surface area contributed by atoms with Crippen molar-refractivity contribution in [1.82, 2.24) is 0 Å². The van der Waals surface area contributed by atoms with Crippen LogP contribution in [0.1, 0.15) is 15.9 Å². The minimum atomic E-state index is -0.138. The van der Waals surface area contributed by atoms with E-state index < -0.39 is 0 Å². The molecule has 0 saturated carbocycles. The van der Waals surface area contributed by atoms with Crippen molar-refractivity contribution in [3.8, 4) is 11.5 Å². The molecular formula is C15H12BrNO3. The molecule has 0 unspecified atom stereocenters. The van der Waals surface area contributed by atoms with Gasteiger partial charge in [-0.25, -0.2) is 0 Å². The zero-order valence-electron chi connectivity index (χ0n) is 10.6. The lowest BCUT2D eigenvalue weighted by molar-refractivity contribution is 0.103. The second-order valence-corrected chi connectivity index (χ2v) is 5.33. The first-order valence-electron chi connectivity index (χ1n) is 6.14. The van der Waals surface area contributed by atoms with E-state index in [2.05, 4.69) is 15.9 Å². The third kappa shape index (κ3) is 2.36. The van der Waals surface area contributed by atoms with Gasteiger partial charge < -0.3 is 15.2 Å². The van der Waals surface area contributed by atoms with E-state index in [1.807, 2.05) is 0 Å². The molecule has 5 heteroatoms. The highest BCUT2D eigenvalue weighted by Crippen LogP contribution is 2.32. The van der Waals surface area contributed by atoms with Crippen molar-refractivity contribution in [2.75, 3.05) is 18.9 Å². The van der Waals surface area contributed by atoms with Crippen LogP contribution in [-0.4, -0.2) is 19.0 Å². The number of hydrogen-bond acceptors (Lipinski definition) is 4. The van der Waals surface area contributed by atoms with Gasteiger partial charge in [0, 0.05) is 21.3 Å². The van der Waals surface area contributed by atoms with Crippen LogP contribution in [0.3, 0.4) is 0 Å². The molecule has 2 aromatic carbocycles. The van der Waals surface area contributed by atoms with Crippen molar-refractivity contribution >= 4 is 27.4 Å². The molecule has 0 atom stereocenters. The predicted molar refractivity (Wildman–Crippen MR) is 79.4 cm³/mol. The Labute approximate surface area is 124 Å². The highest BCUT2D eigenvalue weighted by Gasteiger charge is 2.17. The van der Waals surface area contributed by atoms with Gasteiger partial charge in [0.1, 0.15) is 13.2 Å². The van der Waals surface area contributed by atoms with E-state index in [-0.39, 0.29) is 5.78 Å². The molecule has 0 bridgehead atoms. The Morgan fingerprint density at radius 2 is 1.80 bits per heavy atom. The van der Waals surface area contributed by atoms with Crippen LogP contribution in [0.2, 0.25) is 0 Å². The molecule has 102 valence electrons. The van der Waals surface area contributed by atoms with Crippen molar-refractivity contribution in [2.24, 2.45) is 0 Å². The van der Waals surface area contributed by atoms with Crippen molar-refractivity contribution in [3.63, 3.8) is 0 Å². The standard InChI is InChI=1S/C15H12BrNO3/c16-10-2-3-12(17)11(8-10)15(18)9-1-4-13-14(7-9)20-6-5-19-13/h1-4,7-8H,5-6,17H2. The smallest absolute Gasteiger partial charge is 0.195 e. The van der Waals surface area contributed by atoms with Crippen LogP contribution in [-0.2, 0) is 0 Å². The van der Waals surface area contributed by atoms with Crippen molar-refractivity contribution < 1.29 is 14.3 Å². The molecule has 2 N–H and O–H groups in total. The number of carbonyl (C=O) groups excluding carboxylic acids is 1. The Balaban J connectivity index is 2.00. The number of benzene rings is 2. The van der Waals surface area contributed by atoms with E-state index in [4.69, 9.17) is 15.2 Å². The number of carbonyl (C=O) groups is 1. The summed E-state index contributed by atoms with van der Waals surface area (Å²) in [5, 5.41) is 0. The number of fused-ring (bicyclic) bond motifs is 1. The summed E-state index contributed by atoms with van der Waals surface area (Å²) in [7, 11) is 0. The molecule has 2 aromatic rings. The monoisotopic (exact) mass is 333 g/mol. The van der Waals surface area contributed by atoms with Crippen LogP contribution in [0.15, 0.2) is 40.9 Å². The van der Waals surface area contributed by atoms with Crippen LogP contribution in [0.5, 0.6) is 11.5 Å². The number of halogens is 1. The zero-order valence-corrected chi connectivity index (χ0v) is 12.1. The summed E-state index contributed by atoms with van der Waals surface area (Å²) in [6, 6.07) is 10.4. The minimum Gasteiger partial charge on any atom is -0.486 e. The maximum absolute atomic E-state index is 12.5. The zero-order chi connectivity index (χ0) is 14.1. The van der Waals surface area contributed by atoms with E-state index in [1.54, 1.807) is 36.4 Å². The van der Waals surface area contributed by atoms with E-state index in [0.717, 1.165) is 4.47 Å². The van der Waals surface area contributed by atoms with Gasteiger partial charge in [0.2, 0.25) is 0 Å².